The van der Waals surface area contributed by atoms with Crippen LogP contribution < -0.4 is 11.0 Å². The second kappa shape index (κ2) is 10.1. The molecule has 4 aromatic rings. The number of hydrogen-bond donors (Lipinski definition) is 1. The van der Waals surface area contributed by atoms with E-state index in [1.54, 1.807) is 18.3 Å². The van der Waals surface area contributed by atoms with Crippen LogP contribution in [0, 0.1) is 5.92 Å². The van der Waals surface area contributed by atoms with Gasteiger partial charge in [0, 0.05) is 55.0 Å². The number of benzene rings is 1. The number of para-hydroxylation sites is 1. The Morgan fingerprint density at radius 1 is 1.13 bits per heavy atom. The quantitative estimate of drug-likeness (QED) is 0.380. The Bertz CT molecular complexity index is 1670. The van der Waals surface area contributed by atoms with Crippen molar-refractivity contribution in [2.75, 3.05) is 20.2 Å². The van der Waals surface area contributed by atoms with E-state index in [-0.39, 0.29) is 23.7 Å². The maximum absolute atomic E-state index is 13.0. The maximum atomic E-state index is 13.0. The Morgan fingerprint density at radius 2 is 1.97 bits per heavy atom. The van der Waals surface area contributed by atoms with Crippen LogP contribution >= 0.6 is 0 Å². The van der Waals surface area contributed by atoms with Crippen LogP contribution in [0.5, 0.6) is 5.75 Å². The van der Waals surface area contributed by atoms with Crippen molar-refractivity contribution in [1.82, 2.24) is 14.5 Å². The molecule has 0 saturated carbocycles. The van der Waals surface area contributed by atoms with Crippen LogP contribution in [0.15, 0.2) is 74.8 Å². The molecule has 3 atom stereocenters. The molecule has 39 heavy (non-hydrogen) atoms. The summed E-state index contributed by atoms with van der Waals surface area (Å²) in [6.45, 7) is 2.52. The van der Waals surface area contributed by atoms with Crippen LogP contribution in [-0.4, -0.2) is 45.7 Å². The Labute approximate surface area is 224 Å². The van der Waals surface area contributed by atoms with E-state index >= 15 is 0 Å². The molecule has 6 rings (SSSR count). The highest BCUT2D eigenvalue weighted by molar-refractivity contribution is 5.84. The second-order valence-electron chi connectivity index (χ2n) is 10.4. The molecule has 0 aliphatic carbocycles. The molecule has 1 aromatic carbocycles. The summed E-state index contributed by atoms with van der Waals surface area (Å²) < 4.78 is 13.1. The average molecular weight is 528 g/mol. The monoisotopic (exact) mass is 527 g/mol. The van der Waals surface area contributed by atoms with Gasteiger partial charge >= 0.3 is 5.97 Å². The number of rotatable bonds is 6. The van der Waals surface area contributed by atoms with Crippen molar-refractivity contribution in [3.63, 3.8) is 0 Å². The minimum absolute atomic E-state index is 0.0325. The first-order valence-electron chi connectivity index (χ1n) is 13.1. The predicted octanol–water partition coefficient (Wildman–Crippen LogP) is 3.37. The highest BCUT2D eigenvalue weighted by Crippen LogP contribution is 2.38. The van der Waals surface area contributed by atoms with E-state index < -0.39 is 23.1 Å². The SMILES string of the molecule is COC(=O)C[C@@H](c1oc(CN2C[C@H]3C[C@@H](C2)c2cccc(=O)n2C3)cc(=O)c1O)c1ccnc2ccccc12. The number of fused-ring (bicyclic) bond motifs is 5. The molecule has 5 heterocycles. The number of aromatic nitrogens is 2. The summed E-state index contributed by atoms with van der Waals surface area (Å²) in [6.07, 6.45) is 2.53. The van der Waals surface area contributed by atoms with Gasteiger partial charge in [0.2, 0.25) is 11.2 Å². The van der Waals surface area contributed by atoms with Gasteiger partial charge in [-0.25, -0.2) is 0 Å². The smallest absolute Gasteiger partial charge is 0.306 e. The molecule has 200 valence electrons. The summed E-state index contributed by atoms with van der Waals surface area (Å²) in [5.41, 5.74) is 1.94. The lowest BCUT2D eigenvalue weighted by Crippen LogP contribution is -2.46. The largest absolute Gasteiger partial charge is 0.502 e. The minimum Gasteiger partial charge on any atom is -0.502 e. The van der Waals surface area contributed by atoms with E-state index in [0.717, 1.165) is 36.1 Å². The van der Waals surface area contributed by atoms with Crippen molar-refractivity contribution in [2.45, 2.75) is 37.8 Å². The van der Waals surface area contributed by atoms with Crippen molar-refractivity contribution in [3.05, 3.63) is 104 Å². The number of likely N-dealkylation sites (tertiary alicyclic amines) is 1. The first kappa shape index (κ1) is 25.1. The third-order valence-electron chi connectivity index (χ3n) is 7.91. The number of pyridine rings is 2. The molecule has 0 radical (unpaired) electrons. The number of piperidine rings is 1. The van der Waals surface area contributed by atoms with Gasteiger partial charge in [0.1, 0.15) is 5.76 Å². The molecule has 0 spiro atoms. The Morgan fingerprint density at radius 3 is 2.82 bits per heavy atom. The summed E-state index contributed by atoms with van der Waals surface area (Å²) >= 11 is 0. The normalized spacial score (nSPS) is 19.4. The van der Waals surface area contributed by atoms with Gasteiger partial charge in [-0.2, -0.15) is 0 Å². The summed E-state index contributed by atoms with van der Waals surface area (Å²) in [6, 6.07) is 16.0. The number of aromatic hydroxyl groups is 1. The van der Waals surface area contributed by atoms with Gasteiger partial charge in [-0.15, -0.1) is 0 Å². The van der Waals surface area contributed by atoms with Crippen LogP contribution in [0.25, 0.3) is 10.9 Å². The zero-order valence-corrected chi connectivity index (χ0v) is 21.6. The van der Waals surface area contributed by atoms with Crippen molar-refractivity contribution in [3.8, 4) is 5.75 Å². The topological polar surface area (TPSA) is 115 Å². The molecular weight excluding hydrogens is 498 g/mol. The lowest BCUT2D eigenvalue weighted by molar-refractivity contribution is -0.140. The minimum atomic E-state index is -0.752. The molecule has 2 aliphatic heterocycles. The highest BCUT2D eigenvalue weighted by atomic mass is 16.5. The maximum Gasteiger partial charge on any atom is 0.306 e. The van der Waals surface area contributed by atoms with E-state index in [1.165, 1.54) is 13.2 Å². The number of methoxy groups -OCH3 is 1. The fourth-order valence-corrected chi connectivity index (χ4v) is 6.23. The zero-order valence-electron chi connectivity index (χ0n) is 21.6. The fraction of sp³-hybridized carbons (Fsp3) is 0.333. The molecule has 0 amide bonds. The van der Waals surface area contributed by atoms with E-state index in [0.29, 0.717) is 30.3 Å². The van der Waals surface area contributed by atoms with Crippen molar-refractivity contribution >= 4 is 16.9 Å². The van der Waals surface area contributed by atoms with E-state index in [4.69, 9.17) is 9.15 Å². The van der Waals surface area contributed by atoms with Gasteiger partial charge in [0.25, 0.3) is 5.56 Å². The third-order valence-corrected chi connectivity index (χ3v) is 7.91. The number of nitrogens with zero attached hydrogens (tertiary/aromatic N) is 3. The number of ether oxygens (including phenoxy) is 1. The van der Waals surface area contributed by atoms with Gasteiger partial charge in [-0.05, 0) is 36.1 Å². The van der Waals surface area contributed by atoms with Gasteiger partial charge in [-0.3, -0.25) is 24.3 Å². The van der Waals surface area contributed by atoms with E-state index in [2.05, 4.69) is 9.88 Å². The van der Waals surface area contributed by atoms with Gasteiger partial charge in [0.05, 0.1) is 31.5 Å². The number of carbonyl (C=O) groups excluding carboxylic acids is 1. The summed E-state index contributed by atoms with van der Waals surface area (Å²) in [4.78, 5) is 44.4. The van der Waals surface area contributed by atoms with Crippen LogP contribution in [0.1, 0.15) is 47.5 Å². The molecular formula is C30H29N3O6. The van der Waals surface area contributed by atoms with Crippen LogP contribution in [0.3, 0.4) is 0 Å². The highest BCUT2D eigenvalue weighted by Gasteiger charge is 2.35. The third kappa shape index (κ3) is 4.74. The molecule has 9 heteroatoms. The van der Waals surface area contributed by atoms with Crippen molar-refractivity contribution in [2.24, 2.45) is 5.92 Å². The molecule has 1 N–H and O–H groups in total. The van der Waals surface area contributed by atoms with Gasteiger partial charge in [-0.1, -0.05) is 24.3 Å². The van der Waals surface area contributed by atoms with Gasteiger partial charge < -0.3 is 18.8 Å². The van der Waals surface area contributed by atoms with Crippen molar-refractivity contribution < 1.29 is 19.1 Å². The Balaban J connectivity index is 1.35. The van der Waals surface area contributed by atoms with Crippen LogP contribution in [0.2, 0.25) is 0 Å². The van der Waals surface area contributed by atoms with Crippen LogP contribution in [0.4, 0.5) is 0 Å². The first-order valence-corrected chi connectivity index (χ1v) is 13.1. The average Bonchev–Trinajstić information content (AvgIpc) is 2.94. The number of carbonyl (C=O) groups is 1. The van der Waals surface area contributed by atoms with Gasteiger partial charge in [0.15, 0.2) is 5.76 Å². The Kier molecular flexibility index (Phi) is 6.52. The van der Waals surface area contributed by atoms with E-state index in [9.17, 15) is 19.5 Å². The van der Waals surface area contributed by atoms with E-state index in [1.807, 2.05) is 41.0 Å². The van der Waals surface area contributed by atoms with Crippen molar-refractivity contribution in [1.29, 1.82) is 0 Å². The molecule has 1 saturated heterocycles. The molecule has 2 bridgehead atoms. The zero-order chi connectivity index (χ0) is 27.1. The first-order chi connectivity index (χ1) is 18.9. The summed E-state index contributed by atoms with van der Waals surface area (Å²) in [7, 11) is 1.30. The standard InChI is InChI=1S/C30H29N3O6/c1-38-28(36)13-23(21-9-10-31-24-6-3-2-5-22(21)24)30-29(37)26(34)12-20(39-30)17-32-14-18-11-19(16-32)25-7-4-8-27(35)33(25)15-18/h2-10,12,18-19,23,37H,11,13-17H2,1H3/t18-,19+,23-/m1/s1. The lowest BCUT2D eigenvalue weighted by atomic mass is 9.83. The molecule has 9 nitrogen and oxygen atoms in total. The predicted molar refractivity (Wildman–Crippen MR) is 144 cm³/mol. The molecule has 0 unspecified atom stereocenters. The fourth-order valence-electron chi connectivity index (χ4n) is 6.23. The summed E-state index contributed by atoms with van der Waals surface area (Å²) in [5.74, 6) is -0.791. The number of hydrogen-bond acceptors (Lipinski definition) is 8. The molecule has 1 fully saturated rings. The second-order valence-corrected chi connectivity index (χ2v) is 10.4. The number of esters is 1. The summed E-state index contributed by atoms with van der Waals surface area (Å²) in [5, 5.41) is 11.7. The lowest BCUT2D eigenvalue weighted by Gasteiger charge is -2.42. The molecule has 3 aromatic heterocycles. The van der Waals surface area contributed by atoms with Crippen LogP contribution in [-0.2, 0) is 22.6 Å². The molecule has 2 aliphatic rings. The Hall–Kier alpha value is -4.24.